The van der Waals surface area contributed by atoms with Gasteiger partial charge in [-0.05, 0) is 0 Å². The van der Waals surface area contributed by atoms with Gasteiger partial charge >= 0.3 is 5.69 Å². The lowest BCUT2D eigenvalue weighted by atomic mass is 10.2. The van der Waals surface area contributed by atoms with Crippen molar-refractivity contribution in [3.63, 3.8) is 0 Å². The molecule has 0 aliphatic carbocycles. The number of carbonyl (C=O) groups is 1. The molecule has 0 saturated heterocycles. The summed E-state index contributed by atoms with van der Waals surface area (Å²) in [4.78, 5) is 49.0. The number of hydrogen-bond acceptors (Lipinski definition) is 5. The van der Waals surface area contributed by atoms with Crippen LogP contribution < -0.4 is 27.7 Å². The Morgan fingerprint density at radius 2 is 1.82 bits per heavy atom. The van der Waals surface area contributed by atoms with Crippen molar-refractivity contribution in [3.05, 3.63) is 31.1 Å². The van der Waals surface area contributed by atoms with Crippen molar-refractivity contribution in [2.24, 2.45) is 14.1 Å². The van der Waals surface area contributed by atoms with E-state index < -0.39 is 27.4 Å². The molecule has 22 heavy (non-hydrogen) atoms. The van der Waals surface area contributed by atoms with Gasteiger partial charge in [-0.2, -0.15) is 0 Å². The fourth-order valence-electron chi connectivity index (χ4n) is 1.93. The van der Waals surface area contributed by atoms with E-state index in [2.05, 4.69) is 10.3 Å². The predicted octanol–water partition coefficient (Wildman–Crippen LogP) is -0.750. The van der Waals surface area contributed by atoms with Crippen LogP contribution in [0.2, 0.25) is 0 Å². The van der Waals surface area contributed by atoms with Crippen molar-refractivity contribution >= 4 is 51.6 Å². The number of nitrogen functional groups attached to an aromatic ring is 1. The molecule has 0 aromatic carbocycles. The summed E-state index contributed by atoms with van der Waals surface area (Å²) in [6.45, 7) is 0. The van der Waals surface area contributed by atoms with Gasteiger partial charge in [-0.3, -0.25) is 23.5 Å². The summed E-state index contributed by atoms with van der Waals surface area (Å²) in [5.41, 5.74) is 2.95. The summed E-state index contributed by atoms with van der Waals surface area (Å²) >= 11 is 10.8. The number of alkyl halides is 2. The summed E-state index contributed by atoms with van der Waals surface area (Å²) in [5, 5.41) is 1.82. The lowest BCUT2D eigenvalue weighted by Crippen LogP contribution is -2.40. The summed E-state index contributed by atoms with van der Waals surface area (Å²) in [5.74, 6) is -1.11. The molecule has 1 amide bonds. The van der Waals surface area contributed by atoms with Gasteiger partial charge in [0.05, 0.1) is 0 Å². The van der Waals surface area contributed by atoms with Gasteiger partial charge in [0.2, 0.25) is 5.43 Å². The molecule has 2 rings (SSSR count). The highest BCUT2D eigenvalue weighted by Crippen LogP contribution is 2.15. The van der Waals surface area contributed by atoms with Crippen LogP contribution in [-0.2, 0) is 18.9 Å². The summed E-state index contributed by atoms with van der Waals surface area (Å²) in [6, 6.07) is 0. The van der Waals surface area contributed by atoms with Crippen molar-refractivity contribution in [3.8, 4) is 0 Å². The molecule has 2 aromatic rings. The Balaban J connectivity index is 2.90. The zero-order chi connectivity index (χ0) is 16.8. The van der Waals surface area contributed by atoms with Gasteiger partial charge in [0.15, 0.2) is 4.84 Å². The average Bonchev–Trinajstić information content (AvgIpc) is 2.46. The number of halogens is 2. The van der Waals surface area contributed by atoms with Crippen molar-refractivity contribution in [2.45, 2.75) is 4.84 Å². The van der Waals surface area contributed by atoms with E-state index in [9.17, 15) is 19.2 Å². The molecule has 4 N–H and O–H groups in total. The van der Waals surface area contributed by atoms with Gasteiger partial charge in [0.1, 0.15) is 22.5 Å². The molecule has 2 aromatic heterocycles. The minimum Gasteiger partial charge on any atom is -0.383 e. The van der Waals surface area contributed by atoms with E-state index in [-0.39, 0.29) is 22.5 Å². The van der Waals surface area contributed by atoms with E-state index in [4.69, 9.17) is 28.9 Å². The molecule has 0 saturated carbocycles. The molecule has 2 heterocycles. The quantitative estimate of drug-likeness (QED) is 0.615. The third kappa shape index (κ3) is 2.38. The van der Waals surface area contributed by atoms with Gasteiger partial charge in [0.25, 0.3) is 11.5 Å². The van der Waals surface area contributed by atoms with E-state index in [1.54, 1.807) is 0 Å². The highest BCUT2D eigenvalue weighted by molar-refractivity contribution is 6.54. The molecule has 0 spiro atoms. The van der Waals surface area contributed by atoms with Gasteiger partial charge in [0, 0.05) is 14.1 Å². The van der Waals surface area contributed by atoms with Crippen LogP contribution in [0.3, 0.4) is 0 Å². The van der Waals surface area contributed by atoms with E-state index in [1.807, 2.05) is 0 Å². The molecular formula is C11H11Cl2N5O4. The summed E-state index contributed by atoms with van der Waals surface area (Å²) < 4.78 is 1.83. The second kappa shape index (κ2) is 5.50. The molecule has 0 radical (unpaired) electrons. The molecule has 0 aliphatic heterocycles. The third-order valence-electron chi connectivity index (χ3n) is 3.09. The molecule has 0 unspecified atom stereocenters. The zero-order valence-electron chi connectivity index (χ0n) is 11.4. The molecule has 0 aliphatic rings. The normalized spacial score (nSPS) is 11.1. The molecule has 0 atom stereocenters. The number of rotatable bonds is 2. The van der Waals surface area contributed by atoms with Crippen LogP contribution in [0.4, 0.5) is 11.5 Å². The fourth-order valence-corrected chi connectivity index (χ4v) is 2.04. The monoisotopic (exact) mass is 347 g/mol. The topological polar surface area (TPSA) is 132 Å². The molecular weight excluding hydrogens is 337 g/mol. The predicted molar refractivity (Wildman–Crippen MR) is 83.6 cm³/mol. The maximum absolute atomic E-state index is 12.4. The summed E-state index contributed by atoms with van der Waals surface area (Å²) in [7, 11) is 2.59. The maximum Gasteiger partial charge on any atom is 0.332 e. The molecule has 118 valence electrons. The Labute approximate surface area is 132 Å². The van der Waals surface area contributed by atoms with Crippen LogP contribution in [0.5, 0.6) is 0 Å². The number of pyridine rings is 1. The second-order valence-corrected chi connectivity index (χ2v) is 5.56. The number of nitrogens with zero attached hydrogens (tertiary/aromatic N) is 2. The van der Waals surface area contributed by atoms with E-state index in [1.165, 1.54) is 14.1 Å². The number of amides is 1. The first-order chi connectivity index (χ1) is 10.2. The highest BCUT2D eigenvalue weighted by atomic mass is 35.5. The summed E-state index contributed by atoms with van der Waals surface area (Å²) in [6.07, 6.45) is 0. The van der Waals surface area contributed by atoms with Gasteiger partial charge in [-0.1, -0.05) is 23.2 Å². The Morgan fingerprint density at radius 1 is 1.23 bits per heavy atom. The lowest BCUT2D eigenvalue weighted by molar-refractivity contribution is -0.114. The van der Waals surface area contributed by atoms with Crippen LogP contribution in [0.1, 0.15) is 0 Å². The number of nitrogens with one attached hydrogen (secondary N) is 2. The number of carbonyl (C=O) groups excluding carboxylic acids is 1. The fraction of sp³-hybridized carbons (Fsp3) is 0.273. The van der Waals surface area contributed by atoms with Crippen LogP contribution in [0.25, 0.3) is 11.0 Å². The maximum atomic E-state index is 12.4. The highest BCUT2D eigenvalue weighted by Gasteiger charge is 2.20. The number of anilines is 2. The number of H-pyrrole nitrogens is 1. The SMILES string of the molecule is Cn1c(=O)c2c(=O)c(NC(=O)C(Cl)Cl)c(N)[nH]c2n(C)c1=O. The first kappa shape index (κ1) is 16.1. The van der Waals surface area contributed by atoms with Gasteiger partial charge in [-0.15, -0.1) is 0 Å². The third-order valence-corrected chi connectivity index (χ3v) is 3.48. The Bertz CT molecular complexity index is 956. The first-order valence-electron chi connectivity index (χ1n) is 5.87. The van der Waals surface area contributed by atoms with Crippen molar-refractivity contribution in [1.82, 2.24) is 14.1 Å². The van der Waals surface area contributed by atoms with Gasteiger partial charge in [-0.25, -0.2) is 4.79 Å². The van der Waals surface area contributed by atoms with Crippen LogP contribution in [-0.4, -0.2) is 24.9 Å². The largest absolute Gasteiger partial charge is 0.383 e. The average molecular weight is 348 g/mol. The van der Waals surface area contributed by atoms with Crippen molar-refractivity contribution in [2.75, 3.05) is 11.1 Å². The van der Waals surface area contributed by atoms with Crippen molar-refractivity contribution in [1.29, 1.82) is 0 Å². The molecule has 11 heteroatoms. The molecule has 9 nitrogen and oxygen atoms in total. The van der Waals surface area contributed by atoms with E-state index in [0.29, 0.717) is 0 Å². The van der Waals surface area contributed by atoms with Gasteiger partial charge < -0.3 is 16.0 Å². The number of fused-ring (bicyclic) bond motifs is 1. The minimum absolute atomic E-state index is 0.0538. The second-order valence-electron chi connectivity index (χ2n) is 4.46. The molecule has 0 bridgehead atoms. The smallest absolute Gasteiger partial charge is 0.332 e. The number of aromatic nitrogens is 3. The standard InChI is InChI=1S/C11H11Cl2N5O4/c1-17-8-3(10(21)18(2)11(17)22)5(19)4(7(14)16-8)15-9(20)6(12)13/h6H,1-2H3,(H,15,20)(H3,14,16,19). The molecule has 0 fully saturated rings. The minimum atomic E-state index is -1.42. The Morgan fingerprint density at radius 3 is 2.36 bits per heavy atom. The van der Waals surface area contributed by atoms with Crippen molar-refractivity contribution < 1.29 is 4.79 Å². The zero-order valence-corrected chi connectivity index (χ0v) is 12.9. The van der Waals surface area contributed by atoms with Crippen LogP contribution in [0.15, 0.2) is 14.4 Å². The van der Waals surface area contributed by atoms with E-state index >= 15 is 0 Å². The number of hydrogen-bond donors (Lipinski definition) is 3. The Kier molecular flexibility index (Phi) is 4.03. The Hall–Kier alpha value is -2.26. The number of aryl methyl sites for hydroxylation is 1. The van der Waals surface area contributed by atoms with Crippen LogP contribution >= 0.6 is 23.2 Å². The van der Waals surface area contributed by atoms with Crippen LogP contribution in [0, 0.1) is 0 Å². The lowest BCUT2D eigenvalue weighted by Gasteiger charge is -2.12. The number of aromatic amines is 1. The number of nitrogens with two attached hydrogens (primary N) is 1. The first-order valence-corrected chi connectivity index (χ1v) is 6.74. The van der Waals surface area contributed by atoms with E-state index in [0.717, 1.165) is 9.13 Å².